The molecule has 1 heterocycles. The highest BCUT2D eigenvalue weighted by atomic mass is 16.7. The number of esters is 1. The maximum absolute atomic E-state index is 13.5. The summed E-state index contributed by atoms with van der Waals surface area (Å²) in [5.41, 5.74) is 0. The van der Waals surface area contributed by atoms with Crippen molar-refractivity contribution in [1.29, 1.82) is 0 Å². The average Bonchev–Trinajstić information content (AvgIpc) is 3.62. The fourth-order valence-electron chi connectivity index (χ4n) is 10.6. The van der Waals surface area contributed by atoms with E-state index in [9.17, 15) is 35.1 Å². The lowest BCUT2D eigenvalue weighted by Crippen LogP contribution is -2.61. The molecule has 1 aliphatic heterocycles. The summed E-state index contributed by atoms with van der Waals surface area (Å²) in [6, 6.07) is -1.03. The third kappa shape index (κ3) is 46.9. The highest BCUT2D eigenvalue weighted by Gasteiger charge is 2.47. The zero-order valence-corrected chi connectivity index (χ0v) is 53.6. The molecular formula is C72H129NO10. The van der Waals surface area contributed by atoms with E-state index in [2.05, 4.69) is 86.8 Å². The molecule has 0 aromatic carbocycles. The number of hydrogen-bond acceptors (Lipinski definition) is 10. The van der Waals surface area contributed by atoms with Crippen LogP contribution in [0.15, 0.2) is 72.9 Å². The van der Waals surface area contributed by atoms with E-state index in [1.54, 1.807) is 6.08 Å². The van der Waals surface area contributed by atoms with Crippen molar-refractivity contribution in [2.75, 3.05) is 13.2 Å². The monoisotopic (exact) mass is 1170 g/mol. The highest BCUT2D eigenvalue weighted by molar-refractivity contribution is 5.80. The summed E-state index contributed by atoms with van der Waals surface area (Å²) < 4.78 is 17.7. The number of allylic oxidation sites excluding steroid dienone is 11. The molecular weight excluding hydrogens is 1040 g/mol. The summed E-state index contributed by atoms with van der Waals surface area (Å²) in [6.07, 6.45) is 66.5. The lowest BCUT2D eigenvalue weighted by molar-refractivity contribution is -0.305. The second kappa shape index (κ2) is 59.4. The van der Waals surface area contributed by atoms with Crippen LogP contribution >= 0.6 is 0 Å². The van der Waals surface area contributed by atoms with Crippen molar-refractivity contribution in [3.63, 3.8) is 0 Å². The Balaban J connectivity index is 2.57. The average molecular weight is 1170 g/mol. The third-order valence-corrected chi connectivity index (χ3v) is 16.1. The van der Waals surface area contributed by atoms with E-state index in [-0.39, 0.29) is 19.4 Å². The van der Waals surface area contributed by atoms with Gasteiger partial charge in [-0.2, -0.15) is 0 Å². The number of ether oxygens (including phenoxy) is 3. The highest BCUT2D eigenvalue weighted by Crippen LogP contribution is 2.26. The molecule has 11 heteroatoms. The lowest BCUT2D eigenvalue weighted by Gasteiger charge is -2.41. The fourth-order valence-corrected chi connectivity index (χ4v) is 10.6. The quantitative estimate of drug-likeness (QED) is 0.0195. The minimum atomic E-state index is -1.62. The molecule has 6 N–H and O–H groups in total. The van der Waals surface area contributed by atoms with Gasteiger partial charge in [-0.25, -0.2) is 0 Å². The molecule has 0 saturated carbocycles. The molecule has 482 valence electrons. The maximum atomic E-state index is 13.5. The van der Waals surface area contributed by atoms with Crippen molar-refractivity contribution >= 4 is 11.9 Å². The first-order chi connectivity index (χ1) is 40.7. The molecule has 1 aliphatic rings. The number of aliphatic hydroxyl groups excluding tert-OH is 5. The van der Waals surface area contributed by atoms with Crippen molar-refractivity contribution in [2.45, 2.75) is 359 Å². The predicted molar refractivity (Wildman–Crippen MR) is 347 cm³/mol. The Morgan fingerprint density at radius 3 is 1.28 bits per heavy atom. The topological polar surface area (TPSA) is 175 Å². The van der Waals surface area contributed by atoms with Crippen molar-refractivity contribution < 1.29 is 49.3 Å². The maximum Gasteiger partial charge on any atom is 0.306 e. The first-order valence-electron chi connectivity index (χ1n) is 34.7. The van der Waals surface area contributed by atoms with E-state index in [0.29, 0.717) is 12.8 Å². The van der Waals surface area contributed by atoms with Gasteiger partial charge in [0.15, 0.2) is 12.4 Å². The number of hydrogen-bond donors (Lipinski definition) is 6. The minimum absolute atomic E-state index is 0.118. The van der Waals surface area contributed by atoms with Gasteiger partial charge in [-0.15, -0.1) is 0 Å². The molecule has 8 unspecified atom stereocenters. The standard InChI is InChI=1S/C72H129NO10/c1-4-7-10-13-16-19-22-24-26-28-29-30-31-32-33-34-35-36-38-39-41-44-47-50-53-56-59-65(76)71(80)73-63(64(75)58-55-52-49-46-43-21-18-15-12-9-6-3)62-81-72-70(69(79)68(78)66(61-74)82-72)83-67(77)60-57-54-51-48-45-42-40-37-27-25-23-20-17-14-11-8-5-2/h16,19,24-27,29-30,32-33,55,58,63-66,68-70,72,74-76,78-79H,4-15,17-18,20-23,28,31,34-54,56-57,59-62H2,1-3H3,(H,73,80)/b19-16-,26-24-,27-25+,30-29-,33-32-,58-55+. The van der Waals surface area contributed by atoms with E-state index in [1.807, 2.05) is 6.08 Å². The second-order valence-electron chi connectivity index (χ2n) is 23.9. The number of carbonyl (C=O) groups excluding carboxylic acids is 2. The smallest absolute Gasteiger partial charge is 0.306 e. The summed E-state index contributed by atoms with van der Waals surface area (Å²) in [7, 11) is 0. The second-order valence-corrected chi connectivity index (χ2v) is 23.9. The molecule has 0 aromatic rings. The van der Waals surface area contributed by atoms with Crippen molar-refractivity contribution in [3.8, 4) is 0 Å². The summed E-state index contributed by atoms with van der Waals surface area (Å²) in [4.78, 5) is 26.6. The Hall–Kier alpha value is -2.90. The normalized spacial score (nSPS) is 19.0. The first kappa shape index (κ1) is 78.1. The SMILES string of the molecule is CCCCC/C=C\C/C=C\C/C=C\C/C=C\CCCCCCCCCCCCC(O)C(=O)NC(COC1OC(CO)C(O)C(O)C1OC(=O)CCCCCCCCC/C=C/CCCCCCCC)C(O)/C=C/CCCCCCCCCCC. The minimum Gasteiger partial charge on any atom is -0.454 e. The largest absolute Gasteiger partial charge is 0.454 e. The Labute approximate surface area is 509 Å². The molecule has 1 saturated heterocycles. The van der Waals surface area contributed by atoms with Crippen LogP contribution in [0, 0.1) is 0 Å². The van der Waals surface area contributed by atoms with Crippen LogP contribution < -0.4 is 5.32 Å². The van der Waals surface area contributed by atoms with Gasteiger partial charge in [0.1, 0.15) is 24.4 Å². The van der Waals surface area contributed by atoms with Gasteiger partial charge in [-0.05, 0) is 96.3 Å². The molecule has 0 aromatic heterocycles. The van der Waals surface area contributed by atoms with Gasteiger partial charge in [-0.3, -0.25) is 9.59 Å². The number of rotatable bonds is 59. The Morgan fingerprint density at radius 1 is 0.470 bits per heavy atom. The summed E-state index contributed by atoms with van der Waals surface area (Å²) in [5, 5.41) is 57.1. The first-order valence-corrected chi connectivity index (χ1v) is 34.7. The van der Waals surface area contributed by atoms with Gasteiger partial charge in [-0.1, -0.05) is 280 Å². The molecule has 1 rings (SSSR count). The van der Waals surface area contributed by atoms with E-state index >= 15 is 0 Å². The van der Waals surface area contributed by atoms with Crippen LogP contribution in [0.3, 0.4) is 0 Å². The summed E-state index contributed by atoms with van der Waals surface area (Å²) >= 11 is 0. The Bertz CT molecular complexity index is 1630. The molecule has 0 spiro atoms. The van der Waals surface area contributed by atoms with E-state index < -0.39 is 67.4 Å². The molecule has 1 amide bonds. The Kier molecular flexibility index (Phi) is 55.9. The summed E-state index contributed by atoms with van der Waals surface area (Å²) in [6.45, 7) is 5.77. The molecule has 1 fully saturated rings. The van der Waals surface area contributed by atoms with E-state index in [1.165, 1.54) is 167 Å². The molecule has 0 bridgehead atoms. The van der Waals surface area contributed by atoms with Crippen LogP contribution in [0.5, 0.6) is 0 Å². The number of nitrogens with one attached hydrogen (secondary N) is 1. The molecule has 0 aliphatic carbocycles. The lowest BCUT2D eigenvalue weighted by atomic mass is 9.99. The zero-order valence-electron chi connectivity index (χ0n) is 53.6. The summed E-state index contributed by atoms with van der Waals surface area (Å²) in [5.74, 6) is -1.20. The fraction of sp³-hybridized carbons (Fsp3) is 0.806. The number of amides is 1. The number of carbonyl (C=O) groups is 2. The van der Waals surface area contributed by atoms with Crippen LogP contribution in [0.1, 0.15) is 310 Å². The number of aliphatic hydroxyl groups is 5. The molecule has 0 radical (unpaired) electrons. The van der Waals surface area contributed by atoms with Crippen molar-refractivity contribution in [3.05, 3.63) is 72.9 Å². The molecule has 83 heavy (non-hydrogen) atoms. The number of unbranched alkanes of at least 4 members (excludes halogenated alkanes) is 35. The van der Waals surface area contributed by atoms with Crippen molar-refractivity contribution in [1.82, 2.24) is 5.32 Å². The van der Waals surface area contributed by atoms with Gasteiger partial charge < -0.3 is 45.1 Å². The van der Waals surface area contributed by atoms with E-state index in [4.69, 9.17) is 14.2 Å². The Morgan fingerprint density at radius 2 is 0.831 bits per heavy atom. The van der Waals surface area contributed by atoms with Gasteiger partial charge in [0.25, 0.3) is 0 Å². The molecule has 11 nitrogen and oxygen atoms in total. The van der Waals surface area contributed by atoms with Crippen LogP contribution in [0.25, 0.3) is 0 Å². The van der Waals surface area contributed by atoms with Crippen LogP contribution in [-0.4, -0.2) is 99.6 Å². The van der Waals surface area contributed by atoms with Gasteiger partial charge in [0.05, 0.1) is 25.4 Å². The van der Waals surface area contributed by atoms with Crippen LogP contribution in [0.4, 0.5) is 0 Å². The van der Waals surface area contributed by atoms with Crippen molar-refractivity contribution in [2.24, 2.45) is 0 Å². The zero-order chi connectivity index (χ0) is 60.3. The molecule has 8 atom stereocenters. The van der Waals surface area contributed by atoms with Gasteiger partial charge in [0.2, 0.25) is 5.91 Å². The van der Waals surface area contributed by atoms with Gasteiger partial charge in [0, 0.05) is 6.42 Å². The van der Waals surface area contributed by atoms with Gasteiger partial charge >= 0.3 is 5.97 Å². The third-order valence-electron chi connectivity index (χ3n) is 16.1. The van der Waals surface area contributed by atoms with Crippen LogP contribution in [-0.2, 0) is 23.8 Å². The predicted octanol–water partition coefficient (Wildman–Crippen LogP) is 17.5. The van der Waals surface area contributed by atoms with E-state index in [0.717, 1.165) is 96.3 Å². The van der Waals surface area contributed by atoms with Crippen LogP contribution in [0.2, 0.25) is 0 Å².